The maximum atomic E-state index is 13.3. The van der Waals surface area contributed by atoms with E-state index in [-0.39, 0.29) is 18.0 Å². The lowest BCUT2D eigenvalue weighted by Gasteiger charge is -2.31. The zero-order chi connectivity index (χ0) is 22.0. The van der Waals surface area contributed by atoms with Crippen LogP contribution >= 0.6 is 11.6 Å². The van der Waals surface area contributed by atoms with Crippen LogP contribution in [0.1, 0.15) is 41.7 Å². The molecule has 1 aromatic heterocycles. The first-order chi connectivity index (χ1) is 14.8. The fourth-order valence-electron chi connectivity index (χ4n) is 3.95. The third kappa shape index (κ3) is 4.93. The molecule has 1 saturated carbocycles. The number of benzene rings is 2. The van der Waals surface area contributed by atoms with Crippen molar-refractivity contribution in [1.29, 1.82) is 0 Å². The normalized spacial score (nSPS) is 19.2. The summed E-state index contributed by atoms with van der Waals surface area (Å²) in [5, 5.41) is 7.35. The fraction of sp³-hybridized carbons (Fsp3) is 0.304. The van der Waals surface area contributed by atoms with Gasteiger partial charge in [0.15, 0.2) is 0 Å². The van der Waals surface area contributed by atoms with Crippen molar-refractivity contribution >= 4 is 34.1 Å². The Bertz CT molecular complexity index is 1090. The first-order valence-corrected chi connectivity index (χ1v) is 10.5. The number of halogens is 4. The molecule has 3 aromatic rings. The largest absolute Gasteiger partial charge is 0.433 e. The molecule has 0 unspecified atom stereocenters. The highest BCUT2D eigenvalue weighted by atomic mass is 35.5. The zero-order valence-electron chi connectivity index (χ0n) is 16.5. The van der Waals surface area contributed by atoms with Crippen molar-refractivity contribution in [3.8, 4) is 0 Å². The number of amides is 1. The van der Waals surface area contributed by atoms with Crippen molar-refractivity contribution in [2.45, 2.75) is 43.9 Å². The minimum absolute atomic E-state index is 0.00161. The first-order valence-electron chi connectivity index (χ1n) is 10.1. The number of para-hydroxylation sites is 1. The second kappa shape index (κ2) is 8.75. The summed E-state index contributed by atoms with van der Waals surface area (Å²) in [4.78, 5) is 16.2. The fourth-order valence-corrected chi connectivity index (χ4v) is 4.17. The molecule has 0 saturated heterocycles. The van der Waals surface area contributed by atoms with Gasteiger partial charge >= 0.3 is 6.18 Å². The minimum Gasteiger partial charge on any atom is -0.382 e. The van der Waals surface area contributed by atoms with Gasteiger partial charge in [0.2, 0.25) is 0 Å². The van der Waals surface area contributed by atoms with E-state index >= 15 is 0 Å². The number of alkyl halides is 3. The SMILES string of the molecule is O=C(N[C@H]1CC[C@@H](Nc2cc(C(F)(F)F)nc3ccccc23)CC1)c1ccccc1Cl. The number of carbonyl (C=O) groups excluding carboxylic acids is 1. The third-order valence-electron chi connectivity index (χ3n) is 5.55. The molecule has 1 aliphatic rings. The molecule has 0 spiro atoms. The Kier molecular flexibility index (Phi) is 6.05. The molecule has 0 bridgehead atoms. The molecule has 2 aromatic carbocycles. The van der Waals surface area contributed by atoms with Crippen LogP contribution in [0.25, 0.3) is 10.9 Å². The number of nitrogens with zero attached hydrogens (tertiary/aromatic N) is 1. The molecule has 1 fully saturated rings. The van der Waals surface area contributed by atoms with Crippen LogP contribution in [-0.2, 0) is 6.18 Å². The second-order valence-corrected chi connectivity index (χ2v) is 8.12. The zero-order valence-corrected chi connectivity index (χ0v) is 17.3. The Morgan fingerprint density at radius 2 is 1.61 bits per heavy atom. The Balaban J connectivity index is 1.43. The molecule has 1 aliphatic carbocycles. The molecule has 1 amide bonds. The molecular formula is C23H21ClF3N3O. The molecule has 4 rings (SSSR count). The monoisotopic (exact) mass is 447 g/mol. The van der Waals surface area contributed by atoms with Crippen LogP contribution in [0.15, 0.2) is 54.6 Å². The van der Waals surface area contributed by atoms with Gasteiger partial charge in [0.25, 0.3) is 5.91 Å². The van der Waals surface area contributed by atoms with Crippen molar-refractivity contribution < 1.29 is 18.0 Å². The van der Waals surface area contributed by atoms with Crippen LogP contribution in [-0.4, -0.2) is 23.0 Å². The standard InChI is InChI=1S/C23H21ClF3N3O/c24-18-7-3-1-5-16(18)22(31)29-15-11-9-14(10-12-15)28-20-13-21(23(25,26)27)30-19-8-4-2-6-17(19)20/h1-8,13-15H,9-12H2,(H,28,30)(H,29,31)/t14-,15+. The molecule has 2 N–H and O–H groups in total. The van der Waals surface area contributed by atoms with Gasteiger partial charge in [-0.3, -0.25) is 4.79 Å². The van der Waals surface area contributed by atoms with Crippen LogP contribution in [0.2, 0.25) is 5.02 Å². The van der Waals surface area contributed by atoms with Crippen LogP contribution < -0.4 is 10.6 Å². The lowest BCUT2D eigenvalue weighted by atomic mass is 9.90. The number of hydrogen-bond acceptors (Lipinski definition) is 3. The van der Waals surface area contributed by atoms with Crippen molar-refractivity contribution in [3.05, 3.63) is 70.9 Å². The molecule has 162 valence electrons. The Morgan fingerprint density at radius 1 is 0.968 bits per heavy atom. The average Bonchev–Trinajstić information content (AvgIpc) is 2.74. The Labute approximate surface area is 182 Å². The first kappa shape index (κ1) is 21.4. The summed E-state index contributed by atoms with van der Waals surface area (Å²) in [5.41, 5.74) is 0.267. The van der Waals surface area contributed by atoms with E-state index in [9.17, 15) is 18.0 Å². The Hall–Kier alpha value is -2.80. The average molecular weight is 448 g/mol. The molecule has 0 aliphatic heterocycles. The smallest absolute Gasteiger partial charge is 0.382 e. The lowest BCUT2D eigenvalue weighted by molar-refractivity contribution is -0.140. The summed E-state index contributed by atoms with van der Waals surface area (Å²) in [6, 6.07) is 14.8. The second-order valence-electron chi connectivity index (χ2n) is 7.72. The summed E-state index contributed by atoms with van der Waals surface area (Å²) in [6.45, 7) is 0. The van der Waals surface area contributed by atoms with Gasteiger partial charge in [-0.1, -0.05) is 41.9 Å². The van der Waals surface area contributed by atoms with E-state index in [4.69, 9.17) is 11.6 Å². The van der Waals surface area contributed by atoms with E-state index in [2.05, 4.69) is 15.6 Å². The highest BCUT2D eigenvalue weighted by molar-refractivity contribution is 6.33. The van der Waals surface area contributed by atoms with Gasteiger partial charge in [0.1, 0.15) is 5.69 Å². The van der Waals surface area contributed by atoms with Gasteiger partial charge in [0.05, 0.1) is 16.1 Å². The number of carbonyl (C=O) groups is 1. The van der Waals surface area contributed by atoms with E-state index in [1.54, 1.807) is 48.5 Å². The maximum Gasteiger partial charge on any atom is 0.433 e. The van der Waals surface area contributed by atoms with E-state index in [1.807, 2.05) is 0 Å². The van der Waals surface area contributed by atoms with Crippen molar-refractivity contribution in [1.82, 2.24) is 10.3 Å². The van der Waals surface area contributed by atoms with E-state index in [0.717, 1.165) is 31.7 Å². The van der Waals surface area contributed by atoms with Gasteiger partial charge < -0.3 is 10.6 Å². The number of nitrogens with one attached hydrogen (secondary N) is 2. The number of anilines is 1. The lowest BCUT2D eigenvalue weighted by Crippen LogP contribution is -2.40. The molecule has 0 radical (unpaired) electrons. The van der Waals surface area contributed by atoms with Crippen LogP contribution in [0.4, 0.5) is 18.9 Å². The van der Waals surface area contributed by atoms with E-state index < -0.39 is 11.9 Å². The highest BCUT2D eigenvalue weighted by Gasteiger charge is 2.34. The molecule has 4 nitrogen and oxygen atoms in total. The van der Waals surface area contributed by atoms with E-state index in [1.165, 1.54) is 0 Å². The summed E-state index contributed by atoms with van der Waals surface area (Å²) in [5.74, 6) is -0.211. The molecule has 1 heterocycles. The maximum absolute atomic E-state index is 13.3. The van der Waals surface area contributed by atoms with Crippen LogP contribution in [0.5, 0.6) is 0 Å². The van der Waals surface area contributed by atoms with E-state index in [0.29, 0.717) is 27.2 Å². The van der Waals surface area contributed by atoms with Crippen molar-refractivity contribution in [2.75, 3.05) is 5.32 Å². The predicted molar refractivity (Wildman–Crippen MR) is 115 cm³/mol. The van der Waals surface area contributed by atoms with Gasteiger partial charge in [-0.05, 0) is 49.9 Å². The van der Waals surface area contributed by atoms with Crippen LogP contribution in [0.3, 0.4) is 0 Å². The molecule has 8 heteroatoms. The summed E-state index contributed by atoms with van der Waals surface area (Å²) >= 11 is 6.09. The molecule has 0 atom stereocenters. The number of aromatic nitrogens is 1. The predicted octanol–water partition coefficient (Wildman–Crippen LogP) is 6.06. The van der Waals surface area contributed by atoms with Gasteiger partial charge in [-0.2, -0.15) is 13.2 Å². The summed E-state index contributed by atoms with van der Waals surface area (Å²) in [6.07, 6.45) is -1.61. The topological polar surface area (TPSA) is 54.0 Å². The molecule has 31 heavy (non-hydrogen) atoms. The summed E-state index contributed by atoms with van der Waals surface area (Å²) in [7, 11) is 0. The number of pyridine rings is 1. The van der Waals surface area contributed by atoms with Crippen molar-refractivity contribution in [2.24, 2.45) is 0 Å². The quantitative estimate of drug-likeness (QED) is 0.511. The third-order valence-corrected chi connectivity index (χ3v) is 5.88. The number of hydrogen-bond donors (Lipinski definition) is 2. The van der Waals surface area contributed by atoms with Crippen LogP contribution in [0, 0.1) is 0 Å². The number of fused-ring (bicyclic) bond motifs is 1. The minimum atomic E-state index is -4.51. The Morgan fingerprint density at radius 3 is 2.32 bits per heavy atom. The van der Waals surface area contributed by atoms with Gasteiger partial charge in [0, 0.05) is 23.2 Å². The highest BCUT2D eigenvalue weighted by Crippen LogP contribution is 2.34. The van der Waals surface area contributed by atoms with Crippen molar-refractivity contribution in [3.63, 3.8) is 0 Å². The molecular weight excluding hydrogens is 427 g/mol. The number of rotatable bonds is 4. The van der Waals surface area contributed by atoms with Gasteiger partial charge in [-0.15, -0.1) is 0 Å². The van der Waals surface area contributed by atoms with Gasteiger partial charge in [-0.25, -0.2) is 4.98 Å². The summed E-state index contributed by atoms with van der Waals surface area (Å²) < 4.78 is 39.8.